The zero-order chi connectivity index (χ0) is 26.8. The van der Waals surface area contributed by atoms with Gasteiger partial charge in [0.15, 0.2) is 11.6 Å². The lowest BCUT2D eigenvalue weighted by Gasteiger charge is -2.43. The van der Waals surface area contributed by atoms with Gasteiger partial charge in [-0.2, -0.15) is 13.2 Å². The molecule has 0 bridgehead atoms. The van der Waals surface area contributed by atoms with Crippen LogP contribution in [0.25, 0.3) is 0 Å². The van der Waals surface area contributed by atoms with Crippen LogP contribution >= 0.6 is 0 Å². The molecule has 0 spiro atoms. The van der Waals surface area contributed by atoms with E-state index in [2.05, 4.69) is 5.32 Å². The Morgan fingerprint density at radius 3 is 2.19 bits per heavy atom. The second-order valence-electron chi connectivity index (χ2n) is 9.86. The largest absolute Gasteiger partial charge is 0.416 e. The van der Waals surface area contributed by atoms with Crippen LogP contribution in [-0.4, -0.2) is 70.5 Å². The normalized spacial score (nSPS) is 20.0. The van der Waals surface area contributed by atoms with Crippen LogP contribution in [0, 0.1) is 11.6 Å². The van der Waals surface area contributed by atoms with E-state index in [0.29, 0.717) is 13.1 Å². The zero-order valence-corrected chi connectivity index (χ0v) is 20.1. The van der Waals surface area contributed by atoms with E-state index in [0.717, 1.165) is 42.7 Å². The highest BCUT2D eigenvalue weighted by Crippen LogP contribution is 2.34. The van der Waals surface area contributed by atoms with Crippen LogP contribution in [0.2, 0.25) is 0 Å². The van der Waals surface area contributed by atoms with E-state index in [9.17, 15) is 37.0 Å². The van der Waals surface area contributed by atoms with Gasteiger partial charge in [-0.25, -0.2) is 13.6 Å². The summed E-state index contributed by atoms with van der Waals surface area (Å²) in [7, 11) is 0. The van der Waals surface area contributed by atoms with Crippen molar-refractivity contribution in [2.24, 2.45) is 0 Å². The lowest BCUT2D eigenvalue weighted by atomic mass is 9.84. The van der Waals surface area contributed by atoms with Gasteiger partial charge in [0.25, 0.3) is 0 Å². The number of halogens is 5. The van der Waals surface area contributed by atoms with E-state index < -0.39 is 41.1 Å². The third-order valence-electron chi connectivity index (χ3n) is 7.44. The number of likely N-dealkylation sites (tertiary alicyclic amines) is 2. The van der Waals surface area contributed by atoms with Gasteiger partial charge in [-0.3, -0.25) is 0 Å². The number of aliphatic hydroxyl groups excluding tert-OH is 1. The van der Waals surface area contributed by atoms with Gasteiger partial charge < -0.3 is 25.3 Å². The Morgan fingerprint density at radius 1 is 1.00 bits per heavy atom. The van der Waals surface area contributed by atoms with Gasteiger partial charge in [-0.05, 0) is 74.5 Å². The Labute approximate surface area is 211 Å². The molecule has 37 heavy (non-hydrogen) atoms. The Hall–Kier alpha value is -2.76. The smallest absolute Gasteiger partial charge is 0.389 e. The number of aliphatic hydroxyl groups is 2. The molecular formula is C26H30F5N3O3. The van der Waals surface area contributed by atoms with E-state index in [-0.39, 0.29) is 44.1 Å². The molecule has 2 amide bonds. The molecule has 202 valence electrons. The Balaban J connectivity index is 1.23. The molecule has 0 aromatic heterocycles. The number of alkyl halides is 3. The molecule has 2 aliphatic heterocycles. The number of hydrogen-bond acceptors (Lipinski definition) is 4. The lowest BCUT2D eigenvalue weighted by Crippen LogP contribution is -2.56. The maximum absolute atomic E-state index is 13.4. The van der Waals surface area contributed by atoms with E-state index in [1.165, 1.54) is 23.1 Å². The number of urea groups is 1. The number of nitrogens with one attached hydrogen (secondary N) is 1. The third-order valence-corrected chi connectivity index (χ3v) is 7.44. The van der Waals surface area contributed by atoms with Crippen molar-refractivity contribution in [1.82, 2.24) is 9.80 Å². The fourth-order valence-electron chi connectivity index (χ4n) is 5.01. The van der Waals surface area contributed by atoms with Crippen molar-refractivity contribution in [3.63, 3.8) is 0 Å². The second kappa shape index (κ2) is 10.9. The molecule has 1 unspecified atom stereocenters. The van der Waals surface area contributed by atoms with Crippen LogP contribution in [0.5, 0.6) is 0 Å². The fraction of sp³-hybridized carbons (Fsp3) is 0.500. The zero-order valence-electron chi connectivity index (χ0n) is 20.1. The van der Waals surface area contributed by atoms with Crippen LogP contribution in [0.3, 0.4) is 0 Å². The molecule has 6 nitrogen and oxygen atoms in total. The van der Waals surface area contributed by atoms with Crippen molar-refractivity contribution < 1.29 is 37.0 Å². The van der Waals surface area contributed by atoms with Crippen molar-refractivity contribution >= 4 is 11.7 Å². The molecule has 2 fully saturated rings. The van der Waals surface area contributed by atoms with Crippen LogP contribution in [-0.2, 0) is 6.18 Å². The van der Waals surface area contributed by atoms with E-state index >= 15 is 0 Å². The molecule has 2 saturated heterocycles. The van der Waals surface area contributed by atoms with Crippen LogP contribution in [0.4, 0.5) is 32.4 Å². The first-order chi connectivity index (χ1) is 17.4. The van der Waals surface area contributed by atoms with Gasteiger partial charge in [0, 0.05) is 31.4 Å². The van der Waals surface area contributed by atoms with Crippen molar-refractivity contribution in [1.29, 1.82) is 0 Å². The summed E-state index contributed by atoms with van der Waals surface area (Å²) >= 11 is 0. The first-order valence-corrected chi connectivity index (χ1v) is 12.3. The number of benzene rings is 2. The molecule has 0 radical (unpaired) electrons. The van der Waals surface area contributed by atoms with Crippen molar-refractivity contribution in [3.05, 3.63) is 65.2 Å². The standard InChI is InChI=1S/C26H30F5N3O3/c27-21-6-5-20(15-22(21)28)32-24(36)34-13-9-25(37,10-14-34)23(35)16-33-11-7-18(8-12-33)17-1-3-19(4-2-17)26(29,30)31/h1-6,15,18,23,35,37H,7-14,16H2,(H,32,36). The summed E-state index contributed by atoms with van der Waals surface area (Å²) in [5, 5.41) is 24.3. The number of carbonyl (C=O) groups excluding carboxylic acids is 1. The molecule has 2 heterocycles. The van der Waals surface area contributed by atoms with E-state index in [4.69, 9.17) is 0 Å². The van der Waals surface area contributed by atoms with Crippen LogP contribution in [0.15, 0.2) is 42.5 Å². The number of rotatable bonds is 5. The number of nitrogens with zero attached hydrogens (tertiary/aromatic N) is 2. The number of anilines is 1. The maximum atomic E-state index is 13.4. The minimum absolute atomic E-state index is 0.115. The summed E-state index contributed by atoms with van der Waals surface area (Å²) in [5.41, 5.74) is -1.06. The minimum Gasteiger partial charge on any atom is -0.389 e. The van der Waals surface area contributed by atoms with Crippen molar-refractivity contribution in [2.45, 2.75) is 49.5 Å². The quantitative estimate of drug-likeness (QED) is 0.498. The monoisotopic (exact) mass is 527 g/mol. The minimum atomic E-state index is -4.36. The molecule has 11 heteroatoms. The summed E-state index contributed by atoms with van der Waals surface area (Å²) in [5.74, 6) is -1.95. The molecule has 0 saturated carbocycles. The number of piperidine rings is 2. The fourth-order valence-corrected chi connectivity index (χ4v) is 5.01. The predicted molar refractivity (Wildman–Crippen MR) is 127 cm³/mol. The predicted octanol–water partition coefficient (Wildman–Crippen LogP) is 4.58. The summed E-state index contributed by atoms with van der Waals surface area (Å²) in [6.45, 7) is 1.89. The van der Waals surface area contributed by atoms with Gasteiger partial charge in [0.2, 0.25) is 0 Å². The van der Waals surface area contributed by atoms with Gasteiger partial charge in [-0.1, -0.05) is 12.1 Å². The van der Waals surface area contributed by atoms with Gasteiger partial charge in [0.05, 0.1) is 17.3 Å². The summed E-state index contributed by atoms with van der Waals surface area (Å²) in [6.07, 6.45) is -3.63. The van der Waals surface area contributed by atoms with Gasteiger partial charge >= 0.3 is 12.2 Å². The molecular weight excluding hydrogens is 497 g/mol. The molecule has 4 rings (SSSR count). The summed E-state index contributed by atoms with van der Waals surface area (Å²) in [6, 6.07) is 7.81. The first kappa shape index (κ1) is 27.3. The van der Waals surface area contributed by atoms with Crippen molar-refractivity contribution in [2.75, 3.05) is 38.0 Å². The molecule has 2 aromatic carbocycles. The molecule has 1 atom stereocenters. The molecule has 0 aliphatic carbocycles. The third kappa shape index (κ3) is 6.58. The summed E-state index contributed by atoms with van der Waals surface area (Å²) < 4.78 is 64.8. The lowest BCUT2D eigenvalue weighted by molar-refractivity contribution is -0.137. The van der Waals surface area contributed by atoms with Crippen LogP contribution < -0.4 is 5.32 Å². The Kier molecular flexibility index (Phi) is 8.05. The highest BCUT2D eigenvalue weighted by Gasteiger charge is 2.41. The molecule has 2 aliphatic rings. The van der Waals surface area contributed by atoms with Crippen LogP contribution in [0.1, 0.15) is 42.7 Å². The Bertz CT molecular complexity index is 1080. The van der Waals surface area contributed by atoms with E-state index in [1.54, 1.807) is 0 Å². The second-order valence-corrected chi connectivity index (χ2v) is 9.86. The van der Waals surface area contributed by atoms with Crippen molar-refractivity contribution in [3.8, 4) is 0 Å². The molecule has 3 N–H and O–H groups in total. The highest BCUT2D eigenvalue weighted by atomic mass is 19.4. The average molecular weight is 528 g/mol. The topological polar surface area (TPSA) is 76.0 Å². The maximum Gasteiger partial charge on any atom is 0.416 e. The number of carbonyl (C=O) groups is 1. The van der Waals surface area contributed by atoms with Gasteiger partial charge in [0.1, 0.15) is 0 Å². The van der Waals surface area contributed by atoms with E-state index in [1.807, 2.05) is 4.90 Å². The van der Waals surface area contributed by atoms with Gasteiger partial charge in [-0.15, -0.1) is 0 Å². The number of hydrogen-bond donors (Lipinski definition) is 3. The number of β-amino-alcohol motifs (C(OH)–C–C–N with tert-alkyl or cyclic N) is 1. The highest BCUT2D eigenvalue weighted by molar-refractivity contribution is 5.89. The SMILES string of the molecule is O=C(Nc1ccc(F)c(F)c1)N1CCC(O)(C(O)CN2CCC(c3ccc(C(F)(F)F)cc3)CC2)CC1. The number of amides is 2. The average Bonchev–Trinajstić information content (AvgIpc) is 2.86. The Morgan fingerprint density at radius 2 is 1.62 bits per heavy atom. The first-order valence-electron chi connectivity index (χ1n) is 12.3. The molecule has 2 aromatic rings. The summed E-state index contributed by atoms with van der Waals surface area (Å²) in [4.78, 5) is 15.9.